The second-order valence-electron chi connectivity index (χ2n) is 4.81. The molecule has 0 aromatic carbocycles. The average molecular weight is 249 g/mol. The van der Waals surface area contributed by atoms with Crippen molar-refractivity contribution in [1.82, 2.24) is 4.90 Å². The zero-order valence-electron chi connectivity index (χ0n) is 11.0. The standard InChI is InChI=1S/C13H19N3O2/c1-11(2)16(7-3-6-14)12(17)13(10-15)4-8-18-9-5-13/h11H,3-5,7-9H2,1-2H3. The van der Waals surface area contributed by atoms with Crippen LogP contribution < -0.4 is 0 Å². The van der Waals surface area contributed by atoms with Gasteiger partial charge in [0.2, 0.25) is 5.91 Å². The molecule has 5 heteroatoms. The molecule has 0 N–H and O–H groups in total. The summed E-state index contributed by atoms with van der Waals surface area (Å²) in [5.41, 5.74) is -0.960. The van der Waals surface area contributed by atoms with Crippen LogP contribution in [0.4, 0.5) is 0 Å². The van der Waals surface area contributed by atoms with E-state index in [0.717, 1.165) is 0 Å². The Kier molecular flexibility index (Phi) is 5.12. The first kappa shape index (κ1) is 14.5. The number of hydrogen-bond donors (Lipinski definition) is 0. The minimum atomic E-state index is -0.960. The van der Waals surface area contributed by atoms with Crippen molar-refractivity contribution in [3.8, 4) is 12.1 Å². The maximum Gasteiger partial charge on any atom is 0.243 e. The molecular formula is C13H19N3O2. The van der Waals surface area contributed by atoms with Gasteiger partial charge >= 0.3 is 0 Å². The summed E-state index contributed by atoms with van der Waals surface area (Å²) in [4.78, 5) is 14.2. The lowest BCUT2D eigenvalue weighted by molar-refractivity contribution is -0.145. The van der Waals surface area contributed by atoms with Gasteiger partial charge in [-0.3, -0.25) is 4.79 Å². The zero-order valence-corrected chi connectivity index (χ0v) is 11.0. The van der Waals surface area contributed by atoms with Crippen molar-refractivity contribution in [2.45, 2.75) is 39.2 Å². The number of nitriles is 2. The highest BCUT2D eigenvalue weighted by Crippen LogP contribution is 2.32. The molecule has 0 radical (unpaired) electrons. The van der Waals surface area contributed by atoms with Crippen LogP contribution in [0.5, 0.6) is 0 Å². The molecule has 0 unspecified atom stereocenters. The zero-order chi connectivity index (χ0) is 13.6. The molecule has 0 spiro atoms. The molecular weight excluding hydrogens is 230 g/mol. The second-order valence-corrected chi connectivity index (χ2v) is 4.81. The van der Waals surface area contributed by atoms with Crippen molar-refractivity contribution >= 4 is 5.91 Å². The summed E-state index contributed by atoms with van der Waals surface area (Å²) >= 11 is 0. The lowest BCUT2D eigenvalue weighted by Crippen LogP contribution is -2.49. The third-order valence-corrected chi connectivity index (χ3v) is 3.32. The van der Waals surface area contributed by atoms with E-state index in [-0.39, 0.29) is 11.9 Å². The maximum atomic E-state index is 12.5. The quantitative estimate of drug-likeness (QED) is 0.755. The Morgan fingerprint density at radius 3 is 2.44 bits per heavy atom. The molecule has 0 aliphatic carbocycles. The van der Waals surface area contributed by atoms with Gasteiger partial charge in [0.1, 0.15) is 5.41 Å². The lowest BCUT2D eigenvalue weighted by atomic mass is 9.80. The van der Waals surface area contributed by atoms with Gasteiger partial charge in [-0.25, -0.2) is 0 Å². The fourth-order valence-corrected chi connectivity index (χ4v) is 2.13. The van der Waals surface area contributed by atoms with Crippen LogP contribution in [-0.2, 0) is 9.53 Å². The summed E-state index contributed by atoms with van der Waals surface area (Å²) < 4.78 is 5.22. The van der Waals surface area contributed by atoms with Crippen LogP contribution in [0, 0.1) is 28.1 Å². The molecule has 1 saturated heterocycles. The minimum absolute atomic E-state index is 0.00100. The van der Waals surface area contributed by atoms with E-state index in [2.05, 4.69) is 6.07 Å². The number of amides is 1. The number of ether oxygens (including phenoxy) is 1. The summed E-state index contributed by atoms with van der Waals surface area (Å²) in [5, 5.41) is 18.0. The van der Waals surface area contributed by atoms with Gasteiger partial charge in [-0.05, 0) is 26.7 Å². The summed E-state index contributed by atoms with van der Waals surface area (Å²) in [5.74, 6) is -0.154. The number of nitrogens with zero attached hydrogens (tertiary/aromatic N) is 3. The Balaban J connectivity index is 2.86. The normalized spacial score (nSPS) is 17.8. The number of carbonyl (C=O) groups is 1. The predicted octanol–water partition coefficient (Wildman–Crippen LogP) is 1.46. The number of hydrogen-bond acceptors (Lipinski definition) is 4. The molecule has 18 heavy (non-hydrogen) atoms. The fourth-order valence-electron chi connectivity index (χ4n) is 2.13. The van der Waals surface area contributed by atoms with Gasteiger partial charge in [-0.15, -0.1) is 0 Å². The minimum Gasteiger partial charge on any atom is -0.381 e. The van der Waals surface area contributed by atoms with Crippen LogP contribution in [-0.4, -0.2) is 36.6 Å². The Morgan fingerprint density at radius 2 is 2.00 bits per heavy atom. The predicted molar refractivity (Wildman–Crippen MR) is 65.2 cm³/mol. The third kappa shape index (κ3) is 3.00. The Labute approximate surface area is 108 Å². The van der Waals surface area contributed by atoms with Gasteiger partial charge in [-0.2, -0.15) is 10.5 Å². The summed E-state index contributed by atoms with van der Waals surface area (Å²) in [6.07, 6.45) is 1.18. The summed E-state index contributed by atoms with van der Waals surface area (Å²) in [7, 11) is 0. The van der Waals surface area contributed by atoms with E-state index >= 15 is 0 Å². The van der Waals surface area contributed by atoms with Crippen molar-refractivity contribution < 1.29 is 9.53 Å². The second kappa shape index (κ2) is 6.37. The molecule has 5 nitrogen and oxygen atoms in total. The van der Waals surface area contributed by atoms with E-state index in [1.807, 2.05) is 19.9 Å². The van der Waals surface area contributed by atoms with E-state index in [1.54, 1.807) is 4.90 Å². The average Bonchev–Trinajstić information content (AvgIpc) is 2.39. The van der Waals surface area contributed by atoms with Gasteiger partial charge in [0.25, 0.3) is 0 Å². The van der Waals surface area contributed by atoms with Gasteiger partial charge < -0.3 is 9.64 Å². The van der Waals surface area contributed by atoms with Gasteiger partial charge in [-0.1, -0.05) is 0 Å². The molecule has 0 bridgehead atoms. The summed E-state index contributed by atoms with van der Waals surface area (Å²) in [6.45, 7) is 5.09. The van der Waals surface area contributed by atoms with Crippen LogP contribution in [0.1, 0.15) is 33.1 Å². The van der Waals surface area contributed by atoms with Crippen LogP contribution in [0.25, 0.3) is 0 Å². The maximum absolute atomic E-state index is 12.5. The van der Waals surface area contributed by atoms with Crippen LogP contribution in [0.15, 0.2) is 0 Å². The van der Waals surface area contributed by atoms with Crippen molar-refractivity contribution in [3.63, 3.8) is 0 Å². The van der Waals surface area contributed by atoms with Crippen molar-refractivity contribution in [3.05, 3.63) is 0 Å². The molecule has 1 rings (SSSR count). The van der Waals surface area contributed by atoms with Crippen molar-refractivity contribution in [2.75, 3.05) is 19.8 Å². The van der Waals surface area contributed by atoms with E-state index in [4.69, 9.17) is 10.00 Å². The van der Waals surface area contributed by atoms with Gasteiger partial charge in [0, 0.05) is 25.8 Å². The van der Waals surface area contributed by atoms with E-state index < -0.39 is 5.41 Å². The molecule has 0 aromatic heterocycles. The highest BCUT2D eigenvalue weighted by molar-refractivity contribution is 5.85. The Bertz CT molecular complexity index is 373. The Hall–Kier alpha value is -1.59. The first-order chi connectivity index (χ1) is 8.57. The molecule has 0 atom stereocenters. The highest BCUT2D eigenvalue weighted by Gasteiger charge is 2.43. The SMILES string of the molecule is CC(C)N(CCC#N)C(=O)C1(C#N)CCOCC1. The molecule has 1 heterocycles. The van der Waals surface area contributed by atoms with Gasteiger partial charge in [0.05, 0.1) is 18.6 Å². The topological polar surface area (TPSA) is 77.1 Å². The molecule has 98 valence electrons. The number of rotatable bonds is 4. The first-order valence-corrected chi connectivity index (χ1v) is 6.24. The van der Waals surface area contributed by atoms with Crippen LogP contribution >= 0.6 is 0 Å². The molecule has 1 aliphatic heterocycles. The summed E-state index contributed by atoms with van der Waals surface area (Å²) in [6, 6.07) is 4.21. The first-order valence-electron chi connectivity index (χ1n) is 6.24. The Morgan fingerprint density at radius 1 is 1.39 bits per heavy atom. The van der Waals surface area contributed by atoms with Crippen LogP contribution in [0.2, 0.25) is 0 Å². The number of carbonyl (C=O) groups excluding carboxylic acids is 1. The molecule has 0 aromatic rings. The van der Waals surface area contributed by atoms with Crippen LogP contribution in [0.3, 0.4) is 0 Å². The molecule has 1 amide bonds. The lowest BCUT2D eigenvalue weighted by Gasteiger charge is -2.36. The monoisotopic (exact) mass is 249 g/mol. The van der Waals surface area contributed by atoms with E-state index in [9.17, 15) is 10.1 Å². The third-order valence-electron chi connectivity index (χ3n) is 3.32. The van der Waals surface area contributed by atoms with Crippen molar-refractivity contribution in [2.24, 2.45) is 5.41 Å². The van der Waals surface area contributed by atoms with E-state index in [0.29, 0.717) is 39.0 Å². The fraction of sp³-hybridized carbons (Fsp3) is 0.769. The molecule has 0 saturated carbocycles. The largest absolute Gasteiger partial charge is 0.381 e. The van der Waals surface area contributed by atoms with Crippen molar-refractivity contribution in [1.29, 1.82) is 10.5 Å². The highest BCUT2D eigenvalue weighted by atomic mass is 16.5. The molecule has 1 aliphatic rings. The van der Waals surface area contributed by atoms with E-state index in [1.165, 1.54) is 0 Å². The van der Waals surface area contributed by atoms with Gasteiger partial charge in [0.15, 0.2) is 0 Å². The molecule has 1 fully saturated rings. The smallest absolute Gasteiger partial charge is 0.243 e.